The van der Waals surface area contributed by atoms with Crippen molar-refractivity contribution in [1.29, 1.82) is 0 Å². The fourth-order valence-electron chi connectivity index (χ4n) is 5.39. The molecule has 2 saturated heterocycles. The monoisotopic (exact) mass is 382 g/mol. The average molecular weight is 383 g/mol. The summed E-state index contributed by atoms with van der Waals surface area (Å²) in [7, 11) is 0. The standard InChI is InChI=1S/C27H30N2/c1-4-11-22(12-5-1)25-17-10-20-28(25)21-29-26(23-13-6-2-7-14-23)18-19-27(29)24-15-8-3-9-16-24/h1-9,11-16,25-27H,10,17-21H2/t25?,26-,27?/m0/s1. The first-order valence-corrected chi connectivity index (χ1v) is 11.0. The van der Waals surface area contributed by atoms with E-state index in [9.17, 15) is 0 Å². The van der Waals surface area contributed by atoms with Gasteiger partial charge >= 0.3 is 0 Å². The molecule has 5 rings (SSSR count). The summed E-state index contributed by atoms with van der Waals surface area (Å²) in [6.45, 7) is 2.23. The first kappa shape index (κ1) is 18.6. The molecule has 2 aliphatic heterocycles. The Morgan fingerprint density at radius 2 is 1.00 bits per heavy atom. The minimum absolute atomic E-state index is 0.499. The molecule has 2 heterocycles. The number of hydrogen-bond donors (Lipinski definition) is 0. The first-order valence-electron chi connectivity index (χ1n) is 11.0. The molecule has 0 spiro atoms. The topological polar surface area (TPSA) is 6.48 Å². The van der Waals surface area contributed by atoms with Crippen molar-refractivity contribution in [2.24, 2.45) is 0 Å². The Balaban J connectivity index is 1.44. The van der Waals surface area contributed by atoms with E-state index in [4.69, 9.17) is 0 Å². The van der Waals surface area contributed by atoms with Crippen LogP contribution in [-0.4, -0.2) is 23.0 Å². The van der Waals surface area contributed by atoms with Crippen molar-refractivity contribution in [3.05, 3.63) is 108 Å². The highest BCUT2D eigenvalue weighted by Crippen LogP contribution is 2.45. The number of nitrogens with zero attached hydrogens (tertiary/aromatic N) is 2. The normalized spacial score (nSPS) is 25.4. The molecule has 2 heteroatoms. The van der Waals surface area contributed by atoms with Gasteiger partial charge in [0.1, 0.15) is 0 Å². The zero-order valence-corrected chi connectivity index (χ0v) is 17.0. The molecular formula is C27H30N2. The summed E-state index contributed by atoms with van der Waals surface area (Å²) < 4.78 is 0. The minimum Gasteiger partial charge on any atom is -0.283 e. The lowest BCUT2D eigenvalue weighted by Gasteiger charge is -2.37. The van der Waals surface area contributed by atoms with Crippen LogP contribution in [0, 0.1) is 0 Å². The summed E-state index contributed by atoms with van der Waals surface area (Å²) in [4.78, 5) is 5.48. The van der Waals surface area contributed by atoms with Crippen LogP contribution in [0.2, 0.25) is 0 Å². The van der Waals surface area contributed by atoms with Gasteiger partial charge in [-0.1, -0.05) is 91.0 Å². The quantitative estimate of drug-likeness (QED) is 0.506. The molecule has 0 saturated carbocycles. The van der Waals surface area contributed by atoms with Crippen molar-refractivity contribution in [2.45, 2.75) is 43.8 Å². The van der Waals surface area contributed by atoms with E-state index in [0.29, 0.717) is 18.1 Å². The maximum absolute atomic E-state index is 2.77. The van der Waals surface area contributed by atoms with Crippen LogP contribution in [0.15, 0.2) is 91.0 Å². The highest BCUT2D eigenvalue weighted by atomic mass is 15.4. The van der Waals surface area contributed by atoms with Crippen LogP contribution in [0.25, 0.3) is 0 Å². The Morgan fingerprint density at radius 1 is 0.552 bits per heavy atom. The third-order valence-electron chi connectivity index (χ3n) is 6.78. The maximum atomic E-state index is 2.77. The average Bonchev–Trinajstić information content (AvgIpc) is 3.43. The Labute approximate surface area is 174 Å². The zero-order valence-electron chi connectivity index (χ0n) is 17.0. The van der Waals surface area contributed by atoms with Crippen LogP contribution in [0.4, 0.5) is 0 Å². The molecule has 29 heavy (non-hydrogen) atoms. The Morgan fingerprint density at radius 3 is 1.48 bits per heavy atom. The summed E-state index contributed by atoms with van der Waals surface area (Å²) in [5.41, 5.74) is 4.39. The fraction of sp³-hybridized carbons (Fsp3) is 0.333. The maximum Gasteiger partial charge on any atom is 0.0523 e. The second-order valence-electron chi connectivity index (χ2n) is 8.47. The van der Waals surface area contributed by atoms with Crippen molar-refractivity contribution in [3.63, 3.8) is 0 Å². The van der Waals surface area contributed by atoms with Gasteiger partial charge in [-0.15, -0.1) is 0 Å². The predicted octanol–water partition coefficient (Wildman–Crippen LogP) is 6.36. The van der Waals surface area contributed by atoms with Crippen molar-refractivity contribution in [3.8, 4) is 0 Å². The van der Waals surface area contributed by atoms with E-state index in [1.807, 2.05) is 0 Å². The van der Waals surface area contributed by atoms with Crippen LogP contribution in [0.5, 0.6) is 0 Å². The Kier molecular flexibility index (Phi) is 5.47. The van der Waals surface area contributed by atoms with Gasteiger partial charge < -0.3 is 0 Å². The van der Waals surface area contributed by atoms with E-state index in [0.717, 1.165) is 6.67 Å². The van der Waals surface area contributed by atoms with E-state index in [-0.39, 0.29) is 0 Å². The van der Waals surface area contributed by atoms with Gasteiger partial charge in [0.25, 0.3) is 0 Å². The minimum atomic E-state index is 0.499. The second kappa shape index (κ2) is 8.52. The van der Waals surface area contributed by atoms with Gasteiger partial charge in [0.15, 0.2) is 0 Å². The fourth-order valence-corrected chi connectivity index (χ4v) is 5.39. The molecule has 0 bridgehead atoms. The highest BCUT2D eigenvalue weighted by molar-refractivity contribution is 5.26. The largest absolute Gasteiger partial charge is 0.283 e. The summed E-state index contributed by atoms with van der Waals surface area (Å²) >= 11 is 0. The molecule has 0 N–H and O–H groups in total. The summed E-state index contributed by atoms with van der Waals surface area (Å²) in [6.07, 6.45) is 5.02. The number of likely N-dealkylation sites (tertiary alicyclic amines) is 2. The van der Waals surface area contributed by atoms with Crippen molar-refractivity contribution < 1.29 is 0 Å². The summed E-state index contributed by atoms with van der Waals surface area (Å²) in [6, 6.07) is 34.9. The van der Waals surface area contributed by atoms with Crippen LogP contribution in [-0.2, 0) is 0 Å². The molecule has 0 radical (unpaired) electrons. The zero-order chi connectivity index (χ0) is 19.5. The van der Waals surface area contributed by atoms with Crippen molar-refractivity contribution in [2.75, 3.05) is 13.2 Å². The molecule has 3 aromatic rings. The van der Waals surface area contributed by atoms with Gasteiger partial charge in [0.2, 0.25) is 0 Å². The third kappa shape index (κ3) is 3.88. The lowest BCUT2D eigenvalue weighted by Crippen LogP contribution is -2.38. The van der Waals surface area contributed by atoms with E-state index < -0.39 is 0 Å². The third-order valence-corrected chi connectivity index (χ3v) is 6.78. The number of rotatable bonds is 5. The predicted molar refractivity (Wildman–Crippen MR) is 119 cm³/mol. The van der Waals surface area contributed by atoms with E-state index in [2.05, 4.69) is 101 Å². The molecular weight excluding hydrogens is 352 g/mol. The first-order chi connectivity index (χ1) is 14.4. The van der Waals surface area contributed by atoms with Crippen molar-refractivity contribution >= 4 is 0 Å². The van der Waals surface area contributed by atoms with Crippen LogP contribution in [0.1, 0.15) is 60.5 Å². The Bertz CT molecular complexity index is 846. The van der Waals surface area contributed by atoms with E-state index >= 15 is 0 Å². The molecule has 3 aromatic carbocycles. The van der Waals surface area contributed by atoms with Crippen LogP contribution >= 0.6 is 0 Å². The molecule has 148 valence electrons. The molecule has 2 unspecified atom stereocenters. The summed E-state index contributed by atoms with van der Waals surface area (Å²) in [5.74, 6) is 0. The van der Waals surface area contributed by atoms with E-state index in [1.54, 1.807) is 0 Å². The molecule has 0 aromatic heterocycles. The Hall–Kier alpha value is -2.42. The lowest BCUT2D eigenvalue weighted by atomic mass is 10.0. The van der Waals surface area contributed by atoms with E-state index in [1.165, 1.54) is 48.9 Å². The highest BCUT2D eigenvalue weighted by Gasteiger charge is 2.38. The number of benzene rings is 3. The molecule has 0 aliphatic carbocycles. The van der Waals surface area contributed by atoms with Crippen molar-refractivity contribution in [1.82, 2.24) is 9.80 Å². The molecule has 0 amide bonds. The van der Waals surface area contributed by atoms with Gasteiger partial charge in [0.05, 0.1) is 6.67 Å². The number of hydrogen-bond acceptors (Lipinski definition) is 2. The van der Waals surface area contributed by atoms with Crippen LogP contribution in [0.3, 0.4) is 0 Å². The van der Waals surface area contributed by atoms with Gasteiger partial charge in [0, 0.05) is 24.7 Å². The van der Waals surface area contributed by atoms with Gasteiger partial charge in [-0.05, 0) is 42.4 Å². The lowest BCUT2D eigenvalue weighted by molar-refractivity contribution is 0.0787. The molecule has 2 aliphatic rings. The summed E-state index contributed by atoms with van der Waals surface area (Å²) in [5, 5.41) is 0. The molecule has 2 fully saturated rings. The molecule has 3 atom stereocenters. The van der Waals surface area contributed by atoms with Crippen LogP contribution < -0.4 is 0 Å². The SMILES string of the molecule is c1ccc(C2CCCN2CN2C(c3ccccc3)CC[C@H]2c2ccccc2)cc1. The molecule has 2 nitrogen and oxygen atoms in total. The van der Waals surface area contributed by atoms with Gasteiger partial charge in [-0.25, -0.2) is 0 Å². The second-order valence-corrected chi connectivity index (χ2v) is 8.47. The van der Waals surface area contributed by atoms with Gasteiger partial charge in [-0.2, -0.15) is 0 Å². The van der Waals surface area contributed by atoms with Gasteiger partial charge in [-0.3, -0.25) is 9.80 Å². The smallest absolute Gasteiger partial charge is 0.0523 e.